The van der Waals surface area contributed by atoms with Crippen LogP contribution in [0.1, 0.15) is 207 Å². The number of para-hydroxylation sites is 2. The van der Waals surface area contributed by atoms with Crippen molar-refractivity contribution in [1.29, 1.82) is 0 Å². The lowest BCUT2D eigenvalue weighted by Crippen LogP contribution is -2.61. The predicted octanol–water partition coefficient (Wildman–Crippen LogP) is 27.6. The number of hydrogen-bond acceptors (Lipinski definition) is 4. The fraction of sp³-hybridized carbons (Fsp3) is 0.280. The van der Waals surface area contributed by atoms with Gasteiger partial charge in [0.1, 0.15) is 22.3 Å². The molecule has 14 aromatic rings. The van der Waals surface area contributed by atoms with Crippen molar-refractivity contribution in [2.24, 2.45) is 0 Å². The van der Waals surface area contributed by atoms with Crippen molar-refractivity contribution in [3.8, 4) is 55.6 Å². The minimum absolute atomic E-state index is 0.0500. The summed E-state index contributed by atoms with van der Waals surface area (Å²) in [5.74, 6) is 1.21. The van der Waals surface area contributed by atoms with E-state index in [2.05, 4.69) is 373 Å². The second-order valence-electron chi connectivity index (χ2n) is 35.8. The second kappa shape index (κ2) is 25.3. The molecule has 0 atom stereocenters. The molecule has 2 aliphatic heterocycles. The molecule has 0 N–H and O–H groups in total. The van der Waals surface area contributed by atoms with Crippen LogP contribution in [0.4, 0.5) is 34.1 Å². The summed E-state index contributed by atoms with van der Waals surface area (Å²) in [5.41, 5.74) is 35.4. The predicted molar refractivity (Wildman–Crippen MR) is 453 cm³/mol. The van der Waals surface area contributed by atoms with E-state index in [4.69, 9.17) is 8.83 Å². The largest absolute Gasteiger partial charge is 0.456 e. The van der Waals surface area contributed by atoms with Gasteiger partial charge >= 0.3 is 0 Å². The van der Waals surface area contributed by atoms with Crippen LogP contribution in [0.2, 0.25) is 0 Å². The van der Waals surface area contributed by atoms with E-state index in [0.29, 0.717) is 23.7 Å². The van der Waals surface area contributed by atoms with Gasteiger partial charge in [-0.1, -0.05) is 302 Å². The van der Waals surface area contributed by atoms with Crippen LogP contribution >= 0.6 is 0 Å². The van der Waals surface area contributed by atoms with Gasteiger partial charge in [0.05, 0.1) is 0 Å². The summed E-state index contributed by atoms with van der Waals surface area (Å²) in [6.45, 7) is 46.2. The first-order chi connectivity index (χ1) is 49.9. The van der Waals surface area contributed by atoms with E-state index in [1.165, 1.54) is 83.4 Å². The highest BCUT2D eigenvalue weighted by Gasteiger charge is 2.48. The van der Waals surface area contributed by atoms with Crippen molar-refractivity contribution in [1.82, 2.24) is 0 Å². The van der Waals surface area contributed by atoms with E-state index < -0.39 is 6.71 Å². The molecule has 16 rings (SSSR count). The SMILES string of the molecule is CC(C)c1cc(-c2cc3c(c4oc5ccccc5c24)B2c4c(cc(-c5ccccc5)cc4N(c4ccc(-c5cc(C(C)(C)C)cc(C(C)(C)C)c5)cc4)c4cc(-c5cc(C(C)C)cc(C(C)C)c5)c5c(oc6ccccc65)c42)N3c2ccc(-c3cc(C(C)(C)C)cc(C(C)(C)C)c3)cc2)cc(C(C)C)c1. The van der Waals surface area contributed by atoms with Crippen molar-refractivity contribution in [3.63, 3.8) is 0 Å². The van der Waals surface area contributed by atoms with Crippen LogP contribution in [0.3, 0.4) is 0 Å². The molecule has 4 heterocycles. The molecule has 0 radical (unpaired) electrons. The first-order valence-electron chi connectivity index (χ1n) is 38.5. The highest BCUT2D eigenvalue weighted by Crippen LogP contribution is 2.53. The van der Waals surface area contributed by atoms with Gasteiger partial charge in [0.15, 0.2) is 0 Å². The summed E-state index contributed by atoms with van der Waals surface area (Å²) in [6, 6.07) is 86.9. The number of fused-ring (bicyclic) bond motifs is 12. The molecule has 0 amide bonds. The molecule has 0 aliphatic carbocycles. The van der Waals surface area contributed by atoms with Gasteiger partial charge in [-0.05, 0) is 223 Å². The number of benzene rings is 12. The van der Waals surface area contributed by atoms with Gasteiger partial charge < -0.3 is 18.6 Å². The molecule has 0 saturated carbocycles. The van der Waals surface area contributed by atoms with Gasteiger partial charge in [0.25, 0.3) is 6.71 Å². The Morgan fingerprint density at radius 2 is 0.581 bits per heavy atom. The zero-order valence-corrected chi connectivity index (χ0v) is 65.5. The lowest BCUT2D eigenvalue weighted by molar-refractivity contribution is 0.568. The molecule has 4 nitrogen and oxygen atoms in total. The van der Waals surface area contributed by atoms with Crippen LogP contribution in [-0.2, 0) is 21.7 Å². The normalized spacial score (nSPS) is 13.4. The van der Waals surface area contributed by atoms with Gasteiger partial charge in [-0.15, -0.1) is 0 Å². The van der Waals surface area contributed by atoms with E-state index in [0.717, 1.165) is 111 Å². The highest BCUT2D eigenvalue weighted by atomic mass is 16.3. The summed E-state index contributed by atoms with van der Waals surface area (Å²) in [6.07, 6.45) is 0. The van der Waals surface area contributed by atoms with Crippen LogP contribution in [0.25, 0.3) is 99.5 Å². The van der Waals surface area contributed by atoms with Crippen LogP contribution in [0.5, 0.6) is 0 Å². The zero-order chi connectivity index (χ0) is 73.8. The maximum atomic E-state index is 7.82. The topological polar surface area (TPSA) is 32.8 Å². The summed E-state index contributed by atoms with van der Waals surface area (Å²) < 4.78 is 15.6. The third-order valence-corrected chi connectivity index (χ3v) is 22.9. The molecular formula is C100H101BN2O2. The van der Waals surface area contributed by atoms with E-state index in [-0.39, 0.29) is 21.7 Å². The quantitative estimate of drug-likeness (QED) is 0.121. The lowest BCUT2D eigenvalue weighted by Gasteiger charge is -2.44. The molecule has 12 aromatic carbocycles. The second-order valence-corrected chi connectivity index (χ2v) is 35.8. The fourth-order valence-corrected chi connectivity index (χ4v) is 16.5. The zero-order valence-electron chi connectivity index (χ0n) is 65.5. The number of hydrogen-bond donors (Lipinski definition) is 0. The fourth-order valence-electron chi connectivity index (χ4n) is 16.5. The number of nitrogens with zero attached hydrogens (tertiary/aromatic N) is 2. The summed E-state index contributed by atoms with van der Waals surface area (Å²) in [7, 11) is 0. The molecule has 0 spiro atoms. The van der Waals surface area contributed by atoms with Crippen molar-refractivity contribution in [3.05, 3.63) is 269 Å². The first kappa shape index (κ1) is 69.3. The molecule has 526 valence electrons. The minimum atomic E-state index is -0.418. The number of rotatable bonds is 11. The van der Waals surface area contributed by atoms with Gasteiger partial charge in [-0.3, -0.25) is 0 Å². The smallest absolute Gasteiger partial charge is 0.261 e. The maximum Gasteiger partial charge on any atom is 0.261 e. The van der Waals surface area contributed by atoms with Crippen LogP contribution in [0, 0.1) is 0 Å². The molecule has 0 unspecified atom stereocenters. The van der Waals surface area contributed by atoms with Crippen molar-refractivity contribution < 1.29 is 8.83 Å². The Bertz CT molecular complexity index is 5320. The van der Waals surface area contributed by atoms with E-state index in [1.807, 2.05) is 0 Å². The van der Waals surface area contributed by atoms with Gasteiger partial charge in [-0.25, -0.2) is 0 Å². The molecule has 0 saturated heterocycles. The summed E-state index contributed by atoms with van der Waals surface area (Å²) >= 11 is 0. The average Bonchev–Trinajstić information content (AvgIpc) is 1.66. The van der Waals surface area contributed by atoms with Crippen molar-refractivity contribution >= 4 is 101 Å². The third-order valence-electron chi connectivity index (χ3n) is 22.9. The first-order valence-corrected chi connectivity index (χ1v) is 38.5. The van der Waals surface area contributed by atoms with E-state index in [1.54, 1.807) is 0 Å². The maximum absolute atomic E-state index is 7.82. The van der Waals surface area contributed by atoms with Gasteiger partial charge in [0.2, 0.25) is 0 Å². The third kappa shape index (κ3) is 12.1. The van der Waals surface area contributed by atoms with Crippen LogP contribution in [-0.4, -0.2) is 6.71 Å². The standard InChI is InChI=1S/C100H101BN2O2/c1-58(2)65-42-66(59(3)4)45-72(44-65)82-56-86-93(95-90(82)80-30-24-26-32-88(80)104-95)101-92-84(102(86)78-38-34-63(35-39-78)69-48-74(97(9,10)11)54-75(49-69)98(12,13)14)52-71(62-28-22-21-23-29-62)53-85(92)103(79-40-36-64(37-41-79)70-50-76(99(15,16)17)55-77(51-70)100(18,19)20)87-57-83(73-46-67(60(5)6)43-68(47-73)61(7)8)91-81-31-25-27-33-89(81)105-96(91)94(87)101/h21-61H,1-20H3. The molecule has 0 bridgehead atoms. The van der Waals surface area contributed by atoms with Crippen LogP contribution < -0.4 is 26.2 Å². The van der Waals surface area contributed by atoms with Crippen molar-refractivity contribution in [2.75, 3.05) is 9.80 Å². The van der Waals surface area contributed by atoms with Crippen LogP contribution in [0.15, 0.2) is 233 Å². The molecule has 5 heteroatoms. The Hall–Kier alpha value is -10.1. The minimum Gasteiger partial charge on any atom is -0.456 e. The monoisotopic (exact) mass is 1370 g/mol. The number of anilines is 6. The van der Waals surface area contributed by atoms with E-state index in [9.17, 15) is 0 Å². The average molecular weight is 1370 g/mol. The molecule has 105 heavy (non-hydrogen) atoms. The van der Waals surface area contributed by atoms with Gasteiger partial charge in [-0.2, -0.15) is 0 Å². The molecule has 2 aliphatic rings. The lowest BCUT2D eigenvalue weighted by atomic mass is 9.33. The molecular weight excluding hydrogens is 1270 g/mol. The number of furan rings is 2. The Morgan fingerprint density at radius 3 is 0.914 bits per heavy atom. The highest BCUT2D eigenvalue weighted by molar-refractivity contribution is 7.03. The van der Waals surface area contributed by atoms with Crippen molar-refractivity contribution in [2.45, 2.75) is 184 Å². The molecule has 2 aromatic heterocycles. The summed E-state index contributed by atoms with van der Waals surface area (Å²) in [5, 5.41) is 4.41. The van der Waals surface area contributed by atoms with Gasteiger partial charge in [0, 0.05) is 55.7 Å². The Balaban J connectivity index is 1.07. The van der Waals surface area contributed by atoms with E-state index >= 15 is 0 Å². The summed E-state index contributed by atoms with van der Waals surface area (Å²) in [4.78, 5) is 5.21. The Morgan fingerprint density at radius 1 is 0.276 bits per heavy atom. The molecule has 0 fully saturated rings. The Labute approximate surface area is 624 Å². The Kier molecular flexibility index (Phi) is 16.7.